The van der Waals surface area contributed by atoms with Gasteiger partial charge in [-0.1, -0.05) is 18.2 Å². The number of para-hydroxylation sites is 1. The monoisotopic (exact) mass is 409 g/mol. The molecule has 7 heteroatoms. The fraction of sp³-hybridized carbons (Fsp3) is 0.208. The molecule has 0 bridgehead atoms. The molecule has 0 spiro atoms. The number of nitrogens with one attached hydrogen (secondary N) is 2. The number of pyridine rings is 2. The molecule has 0 saturated carbocycles. The Kier molecular flexibility index (Phi) is 4.21. The van der Waals surface area contributed by atoms with Gasteiger partial charge in [0.15, 0.2) is 5.65 Å². The fourth-order valence-corrected chi connectivity index (χ4v) is 4.33. The predicted molar refractivity (Wildman–Crippen MR) is 124 cm³/mol. The van der Waals surface area contributed by atoms with E-state index in [4.69, 9.17) is 15.7 Å². The molecule has 7 nitrogen and oxygen atoms in total. The van der Waals surface area contributed by atoms with Crippen LogP contribution in [0.4, 0.5) is 5.82 Å². The molecule has 31 heavy (non-hydrogen) atoms. The molecule has 4 aromatic heterocycles. The van der Waals surface area contributed by atoms with Crippen LogP contribution >= 0.6 is 0 Å². The standard InChI is InChI=1S/C24H23N7/c25-17-7-9-31(10-8-17)22-6-5-15(12-27-22)16-11-21-24(28-13-16)30-23(29-21)19-14-26-20-4-2-1-3-18(19)20/h1-6,11-14,17,26H,7-10,25H2,(H,28,29,30). The predicted octanol–water partition coefficient (Wildman–Crippen LogP) is 4.10. The van der Waals surface area contributed by atoms with Crippen LogP contribution in [0.5, 0.6) is 0 Å². The quantitative estimate of drug-likeness (QED) is 0.417. The average molecular weight is 409 g/mol. The Morgan fingerprint density at radius 3 is 2.61 bits per heavy atom. The van der Waals surface area contributed by atoms with Gasteiger partial charge in [-0.3, -0.25) is 0 Å². The third-order valence-electron chi connectivity index (χ3n) is 6.13. The minimum Gasteiger partial charge on any atom is -0.360 e. The first-order chi connectivity index (χ1) is 15.2. The zero-order chi connectivity index (χ0) is 20.8. The highest BCUT2D eigenvalue weighted by molar-refractivity contribution is 5.95. The van der Waals surface area contributed by atoms with E-state index in [-0.39, 0.29) is 0 Å². The van der Waals surface area contributed by atoms with Gasteiger partial charge in [-0.15, -0.1) is 0 Å². The van der Waals surface area contributed by atoms with Crippen LogP contribution in [0.3, 0.4) is 0 Å². The summed E-state index contributed by atoms with van der Waals surface area (Å²) in [7, 11) is 0. The van der Waals surface area contributed by atoms with Crippen LogP contribution in [0.2, 0.25) is 0 Å². The molecule has 0 aliphatic carbocycles. The summed E-state index contributed by atoms with van der Waals surface area (Å²) in [6.07, 6.45) is 7.80. The normalized spacial score (nSPS) is 15.2. The number of aromatic amines is 2. The maximum absolute atomic E-state index is 6.02. The highest BCUT2D eigenvalue weighted by Crippen LogP contribution is 2.29. The molecular weight excluding hydrogens is 386 g/mol. The third-order valence-corrected chi connectivity index (χ3v) is 6.13. The number of nitrogens with zero attached hydrogens (tertiary/aromatic N) is 4. The average Bonchev–Trinajstić information content (AvgIpc) is 3.43. The first-order valence-corrected chi connectivity index (χ1v) is 10.6. The molecule has 6 rings (SSSR count). The van der Waals surface area contributed by atoms with E-state index < -0.39 is 0 Å². The van der Waals surface area contributed by atoms with Crippen molar-refractivity contribution in [1.82, 2.24) is 24.9 Å². The second-order valence-electron chi connectivity index (χ2n) is 8.16. The van der Waals surface area contributed by atoms with Gasteiger partial charge in [0.2, 0.25) is 0 Å². The molecule has 1 fully saturated rings. The number of hydrogen-bond acceptors (Lipinski definition) is 5. The van der Waals surface area contributed by atoms with Crippen LogP contribution in [0.15, 0.2) is 61.1 Å². The first-order valence-electron chi connectivity index (χ1n) is 10.6. The lowest BCUT2D eigenvalue weighted by molar-refractivity contribution is 0.498. The molecule has 1 aliphatic heterocycles. The van der Waals surface area contributed by atoms with E-state index in [0.717, 1.165) is 70.7 Å². The van der Waals surface area contributed by atoms with Crippen molar-refractivity contribution in [3.8, 4) is 22.5 Å². The van der Waals surface area contributed by atoms with E-state index in [1.54, 1.807) is 0 Å². The van der Waals surface area contributed by atoms with Crippen LogP contribution in [0.25, 0.3) is 44.6 Å². The maximum Gasteiger partial charge on any atom is 0.178 e. The number of imidazole rings is 1. The zero-order valence-electron chi connectivity index (χ0n) is 17.0. The molecular formula is C24H23N7. The van der Waals surface area contributed by atoms with E-state index >= 15 is 0 Å². The van der Waals surface area contributed by atoms with Crippen LogP contribution in [-0.4, -0.2) is 44.1 Å². The summed E-state index contributed by atoms with van der Waals surface area (Å²) in [5.41, 5.74) is 11.8. The molecule has 0 radical (unpaired) electrons. The summed E-state index contributed by atoms with van der Waals surface area (Å²) in [5.74, 6) is 1.82. The number of hydrogen-bond donors (Lipinski definition) is 3. The van der Waals surface area contributed by atoms with Crippen molar-refractivity contribution in [3.05, 3.63) is 61.1 Å². The molecule has 154 valence electrons. The van der Waals surface area contributed by atoms with E-state index in [1.807, 2.05) is 30.7 Å². The van der Waals surface area contributed by atoms with Crippen molar-refractivity contribution < 1.29 is 0 Å². The number of anilines is 1. The number of H-pyrrole nitrogens is 2. The number of fused-ring (bicyclic) bond motifs is 2. The van der Waals surface area contributed by atoms with Gasteiger partial charge in [0.05, 0.1) is 5.52 Å². The second-order valence-corrected chi connectivity index (χ2v) is 8.16. The summed E-state index contributed by atoms with van der Waals surface area (Å²) in [6.45, 7) is 1.93. The fourth-order valence-electron chi connectivity index (χ4n) is 4.33. The third kappa shape index (κ3) is 3.23. The van der Waals surface area contributed by atoms with Crippen molar-refractivity contribution in [2.75, 3.05) is 18.0 Å². The van der Waals surface area contributed by atoms with Crippen molar-refractivity contribution >= 4 is 27.9 Å². The van der Waals surface area contributed by atoms with E-state index in [1.165, 1.54) is 0 Å². The van der Waals surface area contributed by atoms with E-state index in [2.05, 4.69) is 50.2 Å². The molecule has 1 saturated heterocycles. The molecule has 4 N–H and O–H groups in total. The molecule has 5 aromatic rings. The van der Waals surface area contributed by atoms with Gasteiger partial charge in [0.1, 0.15) is 11.6 Å². The highest BCUT2D eigenvalue weighted by atomic mass is 15.2. The SMILES string of the molecule is NC1CCN(c2ccc(-c3cnc4nc(-c5c[nH]c6ccccc56)[nH]c4c3)cn2)CC1. The Hall–Kier alpha value is -3.71. The smallest absolute Gasteiger partial charge is 0.178 e. The first kappa shape index (κ1) is 18.1. The summed E-state index contributed by atoms with van der Waals surface area (Å²) >= 11 is 0. The lowest BCUT2D eigenvalue weighted by Crippen LogP contribution is -2.40. The Bertz CT molecular complexity index is 1360. The van der Waals surface area contributed by atoms with Gasteiger partial charge in [-0.2, -0.15) is 0 Å². The number of piperidine rings is 1. The Labute approximate surface area is 179 Å². The van der Waals surface area contributed by atoms with Gasteiger partial charge in [0, 0.05) is 65.3 Å². The minimum absolute atomic E-state index is 0.317. The minimum atomic E-state index is 0.317. The maximum atomic E-state index is 6.02. The molecule has 0 atom stereocenters. The van der Waals surface area contributed by atoms with Gasteiger partial charge >= 0.3 is 0 Å². The van der Waals surface area contributed by atoms with Crippen molar-refractivity contribution in [3.63, 3.8) is 0 Å². The Balaban J connectivity index is 1.30. The van der Waals surface area contributed by atoms with Gasteiger partial charge in [0.25, 0.3) is 0 Å². The number of rotatable bonds is 3. The van der Waals surface area contributed by atoms with Crippen LogP contribution in [-0.2, 0) is 0 Å². The number of aromatic nitrogens is 5. The van der Waals surface area contributed by atoms with E-state index in [9.17, 15) is 0 Å². The lowest BCUT2D eigenvalue weighted by Gasteiger charge is -2.31. The molecule has 0 amide bonds. The number of benzene rings is 1. The summed E-state index contributed by atoms with van der Waals surface area (Å²) in [6, 6.07) is 14.8. The van der Waals surface area contributed by atoms with E-state index in [0.29, 0.717) is 11.7 Å². The van der Waals surface area contributed by atoms with Gasteiger partial charge in [-0.25, -0.2) is 15.0 Å². The summed E-state index contributed by atoms with van der Waals surface area (Å²) in [4.78, 5) is 23.0. The molecule has 1 aromatic carbocycles. The van der Waals surface area contributed by atoms with Crippen molar-refractivity contribution in [2.24, 2.45) is 5.73 Å². The van der Waals surface area contributed by atoms with Gasteiger partial charge < -0.3 is 20.6 Å². The molecule has 5 heterocycles. The largest absolute Gasteiger partial charge is 0.360 e. The molecule has 1 aliphatic rings. The van der Waals surface area contributed by atoms with Crippen LogP contribution in [0, 0.1) is 0 Å². The second kappa shape index (κ2) is 7.21. The van der Waals surface area contributed by atoms with Crippen molar-refractivity contribution in [1.29, 1.82) is 0 Å². The Morgan fingerprint density at radius 1 is 0.935 bits per heavy atom. The highest BCUT2D eigenvalue weighted by Gasteiger charge is 2.17. The zero-order valence-corrected chi connectivity index (χ0v) is 17.0. The lowest BCUT2D eigenvalue weighted by atomic mass is 10.1. The summed E-state index contributed by atoms with van der Waals surface area (Å²) < 4.78 is 0. The summed E-state index contributed by atoms with van der Waals surface area (Å²) in [5, 5.41) is 1.14. The van der Waals surface area contributed by atoms with Crippen LogP contribution in [0.1, 0.15) is 12.8 Å². The Morgan fingerprint density at radius 2 is 1.77 bits per heavy atom. The van der Waals surface area contributed by atoms with Gasteiger partial charge in [-0.05, 0) is 37.1 Å². The topological polar surface area (TPSA) is 99.5 Å². The van der Waals surface area contributed by atoms with Crippen molar-refractivity contribution in [2.45, 2.75) is 18.9 Å². The molecule has 0 unspecified atom stereocenters. The number of nitrogens with two attached hydrogens (primary N) is 1. The van der Waals surface area contributed by atoms with Crippen LogP contribution < -0.4 is 10.6 Å².